The van der Waals surface area contributed by atoms with E-state index in [0.717, 1.165) is 36.1 Å². The zero-order valence-corrected chi connectivity index (χ0v) is 16.6. The Morgan fingerprint density at radius 2 is 2.07 bits per heavy atom. The lowest BCUT2D eigenvalue weighted by Gasteiger charge is -2.37. The average molecular weight is 371 g/mol. The second-order valence-electron chi connectivity index (χ2n) is 7.59. The van der Waals surface area contributed by atoms with E-state index in [1.807, 2.05) is 32.0 Å². The molecule has 2 amide bonds. The predicted octanol–water partition coefficient (Wildman–Crippen LogP) is 2.96. The number of aryl methyl sites for hydroxylation is 2. The van der Waals surface area contributed by atoms with Crippen molar-refractivity contribution in [1.82, 2.24) is 15.5 Å². The number of hydrogen-bond donors (Lipinski definition) is 2. The molecule has 0 unspecified atom stereocenters. The largest absolute Gasteiger partial charge is 0.466 e. The lowest BCUT2D eigenvalue weighted by molar-refractivity contribution is -0.136. The quantitative estimate of drug-likeness (QED) is 0.799. The van der Waals surface area contributed by atoms with Gasteiger partial charge in [-0.1, -0.05) is 30.2 Å². The normalized spacial score (nSPS) is 23.6. The number of nitrogens with one attached hydrogen (secondary N) is 2. The van der Waals surface area contributed by atoms with E-state index in [2.05, 4.69) is 22.5 Å². The highest BCUT2D eigenvalue weighted by Gasteiger charge is 2.35. The van der Waals surface area contributed by atoms with Crippen LogP contribution in [0.1, 0.15) is 48.9 Å². The molecule has 0 spiro atoms. The molecule has 6 heteroatoms. The molecule has 6 nitrogen and oxygen atoms in total. The van der Waals surface area contributed by atoms with Gasteiger partial charge in [0.15, 0.2) is 0 Å². The number of piperidine rings is 1. The molecule has 2 N–H and O–H groups in total. The minimum absolute atomic E-state index is 0.284. The highest BCUT2D eigenvalue weighted by Crippen LogP contribution is 2.31. The van der Waals surface area contributed by atoms with E-state index >= 15 is 0 Å². The number of likely N-dealkylation sites (tertiary alicyclic amines) is 1. The number of ether oxygens (including phenoxy) is 1. The number of rotatable bonds is 4. The molecule has 3 rings (SSSR count). The van der Waals surface area contributed by atoms with Crippen molar-refractivity contribution in [2.75, 3.05) is 20.2 Å². The van der Waals surface area contributed by atoms with E-state index in [9.17, 15) is 9.59 Å². The van der Waals surface area contributed by atoms with Crippen LogP contribution >= 0.6 is 0 Å². The monoisotopic (exact) mass is 371 g/mol. The molecular formula is C21H29N3O3. The first-order chi connectivity index (χ1) is 12.9. The summed E-state index contributed by atoms with van der Waals surface area (Å²) in [6, 6.07) is 5.69. The van der Waals surface area contributed by atoms with Crippen molar-refractivity contribution < 1.29 is 14.3 Å². The smallest absolute Gasteiger partial charge is 0.338 e. The van der Waals surface area contributed by atoms with Gasteiger partial charge in [0.2, 0.25) is 0 Å². The summed E-state index contributed by atoms with van der Waals surface area (Å²) < 4.78 is 5.09. The molecule has 2 aliphatic rings. The molecular weight excluding hydrogens is 342 g/mol. The number of benzene rings is 1. The number of hydrogen-bond acceptors (Lipinski definition) is 4. The SMILES string of the molecule is COC(=O)C1=C(CN2CCCC[C@@H]2C)NC(=O)N[C@H]1c1cc(C)ccc1C. The predicted molar refractivity (Wildman–Crippen MR) is 104 cm³/mol. The van der Waals surface area contributed by atoms with Gasteiger partial charge in [0.05, 0.1) is 18.7 Å². The van der Waals surface area contributed by atoms with Gasteiger partial charge in [-0.05, 0) is 51.3 Å². The lowest BCUT2D eigenvalue weighted by Crippen LogP contribution is -2.50. The molecule has 0 aromatic heterocycles. The van der Waals surface area contributed by atoms with Crippen LogP contribution in [-0.4, -0.2) is 43.1 Å². The summed E-state index contributed by atoms with van der Waals surface area (Å²) in [6.45, 7) is 7.70. The third-order valence-electron chi connectivity index (χ3n) is 5.61. The van der Waals surface area contributed by atoms with Gasteiger partial charge in [-0.15, -0.1) is 0 Å². The van der Waals surface area contributed by atoms with Crippen molar-refractivity contribution >= 4 is 12.0 Å². The Kier molecular flexibility index (Phi) is 5.85. The Balaban J connectivity index is 2.04. The Morgan fingerprint density at radius 1 is 1.30 bits per heavy atom. The maximum Gasteiger partial charge on any atom is 0.338 e. The second-order valence-corrected chi connectivity index (χ2v) is 7.59. The summed E-state index contributed by atoms with van der Waals surface area (Å²) in [5, 5.41) is 5.79. The fourth-order valence-electron chi connectivity index (χ4n) is 3.99. The number of amides is 2. The number of urea groups is 1. The standard InChI is InChI=1S/C21H29N3O3/c1-13-8-9-14(2)16(11-13)19-18(20(25)27-4)17(22-21(26)23-19)12-24-10-6-5-7-15(24)3/h8-9,11,15,19H,5-7,10,12H2,1-4H3,(H2,22,23,26)/t15-,19-/m0/s1. The van der Waals surface area contributed by atoms with Gasteiger partial charge in [-0.25, -0.2) is 9.59 Å². The van der Waals surface area contributed by atoms with E-state index < -0.39 is 12.0 Å². The molecule has 0 bridgehead atoms. The van der Waals surface area contributed by atoms with Crippen molar-refractivity contribution in [2.45, 2.75) is 52.1 Å². The molecule has 0 radical (unpaired) electrons. The number of methoxy groups -OCH3 is 1. The molecule has 1 saturated heterocycles. The Hall–Kier alpha value is -2.34. The first-order valence-corrected chi connectivity index (χ1v) is 9.60. The molecule has 0 aliphatic carbocycles. The third kappa shape index (κ3) is 4.16. The van der Waals surface area contributed by atoms with Crippen LogP contribution in [0.5, 0.6) is 0 Å². The van der Waals surface area contributed by atoms with Gasteiger partial charge in [0.25, 0.3) is 0 Å². The van der Waals surface area contributed by atoms with E-state index in [0.29, 0.717) is 23.9 Å². The fourth-order valence-corrected chi connectivity index (χ4v) is 3.99. The molecule has 0 saturated carbocycles. The highest BCUT2D eigenvalue weighted by atomic mass is 16.5. The van der Waals surface area contributed by atoms with Crippen molar-refractivity contribution in [1.29, 1.82) is 0 Å². The highest BCUT2D eigenvalue weighted by molar-refractivity contribution is 5.95. The molecule has 1 aromatic rings. The van der Waals surface area contributed by atoms with Gasteiger partial charge in [-0.2, -0.15) is 0 Å². The zero-order chi connectivity index (χ0) is 19.6. The molecule has 1 fully saturated rings. The van der Waals surface area contributed by atoms with Gasteiger partial charge in [0.1, 0.15) is 0 Å². The van der Waals surface area contributed by atoms with E-state index in [-0.39, 0.29) is 6.03 Å². The first kappa shape index (κ1) is 19.4. The van der Waals surface area contributed by atoms with Crippen LogP contribution in [0.3, 0.4) is 0 Å². The average Bonchev–Trinajstić information content (AvgIpc) is 2.64. The molecule has 2 atom stereocenters. The number of carbonyl (C=O) groups is 2. The molecule has 1 aromatic carbocycles. The topological polar surface area (TPSA) is 70.7 Å². The Bertz CT molecular complexity index is 772. The number of nitrogens with zero attached hydrogens (tertiary/aromatic N) is 1. The second kappa shape index (κ2) is 8.13. The zero-order valence-electron chi connectivity index (χ0n) is 16.6. The summed E-state index contributed by atoms with van der Waals surface area (Å²) in [7, 11) is 1.38. The van der Waals surface area contributed by atoms with Crippen LogP contribution in [0.25, 0.3) is 0 Å². The van der Waals surface area contributed by atoms with E-state index in [1.165, 1.54) is 13.5 Å². The van der Waals surface area contributed by atoms with Gasteiger partial charge in [-0.3, -0.25) is 4.90 Å². The van der Waals surface area contributed by atoms with Crippen LogP contribution in [0.2, 0.25) is 0 Å². The summed E-state index contributed by atoms with van der Waals surface area (Å²) in [5.41, 5.74) is 4.17. The van der Waals surface area contributed by atoms with Crippen molar-refractivity contribution in [3.8, 4) is 0 Å². The third-order valence-corrected chi connectivity index (χ3v) is 5.61. The van der Waals surface area contributed by atoms with Crippen LogP contribution in [-0.2, 0) is 9.53 Å². The minimum Gasteiger partial charge on any atom is -0.466 e. The lowest BCUT2D eigenvalue weighted by atomic mass is 9.90. The van der Waals surface area contributed by atoms with Gasteiger partial charge >= 0.3 is 12.0 Å². The first-order valence-electron chi connectivity index (χ1n) is 9.60. The van der Waals surface area contributed by atoms with Crippen molar-refractivity contribution in [3.05, 3.63) is 46.2 Å². The maximum atomic E-state index is 12.7. The van der Waals surface area contributed by atoms with E-state index in [4.69, 9.17) is 4.74 Å². The summed E-state index contributed by atoms with van der Waals surface area (Å²) in [4.78, 5) is 27.4. The van der Waals surface area contributed by atoms with Crippen molar-refractivity contribution in [3.63, 3.8) is 0 Å². The summed E-state index contributed by atoms with van der Waals surface area (Å²) in [6.07, 6.45) is 3.49. The number of esters is 1. The summed E-state index contributed by atoms with van der Waals surface area (Å²) >= 11 is 0. The van der Waals surface area contributed by atoms with E-state index in [1.54, 1.807) is 0 Å². The Morgan fingerprint density at radius 3 is 2.78 bits per heavy atom. The minimum atomic E-state index is -0.513. The molecule has 2 aliphatic heterocycles. The summed E-state index contributed by atoms with van der Waals surface area (Å²) in [5.74, 6) is -0.409. The van der Waals surface area contributed by atoms with Crippen LogP contribution in [0, 0.1) is 13.8 Å². The van der Waals surface area contributed by atoms with Crippen LogP contribution in [0.4, 0.5) is 4.79 Å². The van der Waals surface area contributed by atoms with Gasteiger partial charge < -0.3 is 15.4 Å². The van der Waals surface area contributed by atoms with Gasteiger partial charge in [0, 0.05) is 18.3 Å². The maximum absolute atomic E-state index is 12.7. The fraction of sp³-hybridized carbons (Fsp3) is 0.524. The van der Waals surface area contributed by atoms with Crippen molar-refractivity contribution in [2.24, 2.45) is 0 Å². The van der Waals surface area contributed by atoms with Crippen LogP contribution < -0.4 is 10.6 Å². The molecule has 146 valence electrons. The molecule has 2 heterocycles. The number of carbonyl (C=O) groups excluding carboxylic acids is 2. The Labute approximate surface area is 161 Å². The molecule has 27 heavy (non-hydrogen) atoms. The van der Waals surface area contributed by atoms with Crippen LogP contribution in [0.15, 0.2) is 29.5 Å².